The van der Waals surface area contributed by atoms with Gasteiger partial charge in [0.25, 0.3) is 0 Å². The number of carbonyl (C=O) groups is 2. The van der Waals surface area contributed by atoms with Crippen molar-refractivity contribution in [2.45, 2.75) is 58.6 Å². The van der Waals surface area contributed by atoms with Crippen LogP contribution in [0, 0.1) is 11.7 Å². The molecule has 0 aliphatic carbocycles. The molecule has 2 N–H and O–H groups in total. The zero-order valence-corrected chi connectivity index (χ0v) is 18.9. The number of halogens is 1. The van der Waals surface area contributed by atoms with E-state index in [2.05, 4.69) is 15.5 Å². The summed E-state index contributed by atoms with van der Waals surface area (Å²) in [7, 11) is 0. The minimum Gasteiger partial charge on any atom is -0.444 e. The largest absolute Gasteiger partial charge is 0.444 e. The quantitative estimate of drug-likeness (QED) is 0.732. The zero-order chi connectivity index (χ0) is 23.5. The molecule has 2 unspecified atom stereocenters. The molecular formula is C22H30FN5O4. The molecule has 3 rings (SSSR count). The maximum absolute atomic E-state index is 14.3. The highest BCUT2D eigenvalue weighted by molar-refractivity contribution is 5.85. The van der Waals surface area contributed by atoms with Crippen molar-refractivity contribution in [3.8, 4) is 5.69 Å². The Morgan fingerprint density at radius 3 is 2.75 bits per heavy atom. The number of rotatable bonds is 5. The van der Waals surface area contributed by atoms with Crippen LogP contribution in [0.25, 0.3) is 5.69 Å². The van der Waals surface area contributed by atoms with E-state index in [1.165, 1.54) is 16.7 Å². The van der Waals surface area contributed by atoms with Gasteiger partial charge in [-0.2, -0.15) is 5.10 Å². The SMILES string of the molecule is CC(NC(=O)OC(C)(C)C)C(=O)N1CCCC(Cc2n[nH]c(=O)n2-c2ccccc2F)C1. The van der Waals surface area contributed by atoms with E-state index < -0.39 is 29.2 Å². The number of para-hydroxylation sites is 1. The number of amides is 2. The summed E-state index contributed by atoms with van der Waals surface area (Å²) in [4.78, 5) is 38.8. The van der Waals surface area contributed by atoms with Crippen LogP contribution in [0.15, 0.2) is 29.1 Å². The molecule has 0 saturated carbocycles. The summed E-state index contributed by atoms with van der Waals surface area (Å²) in [5.74, 6) is -0.254. The molecule has 9 nitrogen and oxygen atoms in total. The Kier molecular flexibility index (Phi) is 7.00. The molecule has 0 radical (unpaired) electrons. The molecule has 1 fully saturated rings. The maximum atomic E-state index is 14.3. The Labute approximate surface area is 185 Å². The van der Waals surface area contributed by atoms with Crippen LogP contribution in [0.3, 0.4) is 0 Å². The van der Waals surface area contributed by atoms with E-state index in [0.29, 0.717) is 25.3 Å². The lowest BCUT2D eigenvalue weighted by Gasteiger charge is -2.34. The van der Waals surface area contributed by atoms with Crippen molar-refractivity contribution in [2.75, 3.05) is 13.1 Å². The topological polar surface area (TPSA) is 109 Å². The molecule has 32 heavy (non-hydrogen) atoms. The van der Waals surface area contributed by atoms with Gasteiger partial charge in [0.15, 0.2) is 0 Å². The molecule has 1 aliphatic heterocycles. The summed E-state index contributed by atoms with van der Waals surface area (Å²) in [5.41, 5.74) is -1.02. The number of nitrogens with one attached hydrogen (secondary N) is 2. The van der Waals surface area contributed by atoms with Crippen molar-refractivity contribution in [1.29, 1.82) is 0 Å². The third kappa shape index (κ3) is 5.74. The van der Waals surface area contributed by atoms with E-state index >= 15 is 0 Å². The van der Waals surface area contributed by atoms with Gasteiger partial charge in [-0.05, 0) is 58.6 Å². The van der Waals surface area contributed by atoms with Gasteiger partial charge < -0.3 is 15.0 Å². The zero-order valence-electron chi connectivity index (χ0n) is 18.9. The van der Waals surface area contributed by atoms with Gasteiger partial charge in [0.2, 0.25) is 5.91 Å². The summed E-state index contributed by atoms with van der Waals surface area (Å²) in [6.07, 6.45) is 1.39. The number of hydrogen-bond donors (Lipinski definition) is 2. The first-order valence-corrected chi connectivity index (χ1v) is 10.7. The van der Waals surface area contributed by atoms with Gasteiger partial charge in [-0.3, -0.25) is 4.79 Å². The Morgan fingerprint density at radius 1 is 1.34 bits per heavy atom. The average Bonchev–Trinajstić information content (AvgIpc) is 3.06. The highest BCUT2D eigenvalue weighted by Crippen LogP contribution is 2.22. The van der Waals surface area contributed by atoms with Crippen LogP contribution in [-0.4, -0.2) is 56.4 Å². The normalized spacial score (nSPS) is 17.7. The number of benzene rings is 1. The number of piperidine rings is 1. The molecule has 10 heteroatoms. The highest BCUT2D eigenvalue weighted by atomic mass is 19.1. The van der Waals surface area contributed by atoms with Crippen molar-refractivity contribution in [2.24, 2.45) is 5.92 Å². The molecule has 2 amide bonds. The second kappa shape index (κ2) is 9.54. The van der Waals surface area contributed by atoms with Crippen molar-refractivity contribution < 1.29 is 18.7 Å². The molecule has 0 spiro atoms. The number of aromatic amines is 1. The fourth-order valence-electron chi connectivity index (χ4n) is 3.86. The first-order chi connectivity index (χ1) is 15.0. The van der Waals surface area contributed by atoms with Crippen LogP contribution in [0.1, 0.15) is 46.4 Å². The van der Waals surface area contributed by atoms with Crippen molar-refractivity contribution in [3.63, 3.8) is 0 Å². The first kappa shape index (κ1) is 23.5. The molecule has 2 aromatic rings. The Bertz CT molecular complexity index is 1030. The van der Waals surface area contributed by atoms with Crippen LogP contribution in [0.4, 0.5) is 9.18 Å². The van der Waals surface area contributed by atoms with Crippen molar-refractivity contribution in [3.05, 3.63) is 46.4 Å². The highest BCUT2D eigenvalue weighted by Gasteiger charge is 2.30. The lowest BCUT2D eigenvalue weighted by Crippen LogP contribution is -2.51. The molecule has 1 aliphatic rings. The van der Waals surface area contributed by atoms with Crippen LogP contribution >= 0.6 is 0 Å². The lowest BCUT2D eigenvalue weighted by atomic mass is 9.94. The molecule has 1 aromatic carbocycles. The first-order valence-electron chi connectivity index (χ1n) is 10.7. The predicted molar refractivity (Wildman–Crippen MR) is 116 cm³/mol. The average molecular weight is 448 g/mol. The van der Waals surface area contributed by atoms with E-state index in [1.807, 2.05) is 0 Å². The Morgan fingerprint density at radius 2 is 2.06 bits per heavy atom. The van der Waals surface area contributed by atoms with Gasteiger partial charge in [0.1, 0.15) is 23.3 Å². The molecule has 1 aromatic heterocycles. The number of nitrogens with zero attached hydrogens (tertiary/aromatic N) is 3. The van der Waals surface area contributed by atoms with Crippen molar-refractivity contribution in [1.82, 2.24) is 25.0 Å². The third-order valence-electron chi connectivity index (χ3n) is 5.24. The summed E-state index contributed by atoms with van der Waals surface area (Å²) in [6, 6.07) is 5.29. The summed E-state index contributed by atoms with van der Waals surface area (Å²) in [5, 5.41) is 9.06. The minimum absolute atomic E-state index is 0.0437. The van der Waals surface area contributed by atoms with E-state index in [9.17, 15) is 18.8 Å². The maximum Gasteiger partial charge on any atom is 0.408 e. The lowest BCUT2D eigenvalue weighted by molar-refractivity contribution is -0.134. The van der Waals surface area contributed by atoms with Crippen molar-refractivity contribution >= 4 is 12.0 Å². The molecular weight excluding hydrogens is 417 g/mol. The van der Waals surface area contributed by atoms with E-state index in [-0.39, 0.29) is 17.5 Å². The molecule has 1 saturated heterocycles. The summed E-state index contributed by atoms with van der Waals surface area (Å²) in [6.45, 7) is 7.92. The number of aromatic nitrogens is 3. The number of alkyl carbamates (subject to hydrolysis) is 1. The monoisotopic (exact) mass is 447 g/mol. The fraction of sp³-hybridized carbons (Fsp3) is 0.545. The van der Waals surface area contributed by atoms with Gasteiger partial charge in [-0.25, -0.2) is 23.6 Å². The number of likely N-dealkylation sites (tertiary alicyclic amines) is 1. The Balaban J connectivity index is 1.66. The number of carbonyl (C=O) groups excluding carboxylic acids is 2. The number of hydrogen-bond acceptors (Lipinski definition) is 5. The van der Waals surface area contributed by atoms with Gasteiger partial charge in [0.05, 0.1) is 5.69 Å². The van der Waals surface area contributed by atoms with Crippen LogP contribution in [0.2, 0.25) is 0 Å². The Hall–Kier alpha value is -3.17. The molecule has 2 atom stereocenters. The summed E-state index contributed by atoms with van der Waals surface area (Å²) >= 11 is 0. The van der Waals surface area contributed by atoms with Gasteiger partial charge in [-0.1, -0.05) is 12.1 Å². The van der Waals surface area contributed by atoms with Gasteiger partial charge in [0, 0.05) is 19.5 Å². The van der Waals surface area contributed by atoms with Gasteiger partial charge in [-0.15, -0.1) is 0 Å². The minimum atomic E-state index is -0.731. The van der Waals surface area contributed by atoms with Crippen LogP contribution in [-0.2, 0) is 16.0 Å². The van der Waals surface area contributed by atoms with E-state index in [4.69, 9.17) is 4.74 Å². The van der Waals surface area contributed by atoms with E-state index in [1.54, 1.807) is 44.7 Å². The molecule has 2 heterocycles. The van der Waals surface area contributed by atoms with E-state index in [0.717, 1.165) is 12.8 Å². The number of H-pyrrole nitrogens is 1. The summed E-state index contributed by atoms with van der Waals surface area (Å²) < 4.78 is 20.7. The fourth-order valence-corrected chi connectivity index (χ4v) is 3.86. The van der Waals surface area contributed by atoms with Crippen LogP contribution in [0.5, 0.6) is 0 Å². The second-order valence-corrected chi connectivity index (χ2v) is 9.10. The molecule has 174 valence electrons. The van der Waals surface area contributed by atoms with Gasteiger partial charge >= 0.3 is 11.8 Å². The number of ether oxygens (including phenoxy) is 1. The molecule has 0 bridgehead atoms. The standard InChI is InChI=1S/C22H30FN5O4/c1-14(24-21(31)32-22(2,3)4)19(29)27-11-7-8-15(13-27)12-18-25-26-20(30)28(18)17-10-6-5-9-16(17)23/h5-6,9-10,14-15H,7-8,11-13H2,1-4H3,(H,24,31)(H,26,30). The predicted octanol–water partition coefficient (Wildman–Crippen LogP) is 2.39. The second-order valence-electron chi connectivity index (χ2n) is 9.10. The van der Waals surface area contributed by atoms with Crippen LogP contribution < -0.4 is 11.0 Å². The smallest absolute Gasteiger partial charge is 0.408 e. The third-order valence-corrected chi connectivity index (χ3v) is 5.24.